The van der Waals surface area contributed by atoms with Crippen molar-refractivity contribution in [2.75, 3.05) is 6.61 Å². The molecular weight excluding hydrogens is 380 g/mol. The number of nitrogens with two attached hydrogens (primary N) is 1. The van der Waals surface area contributed by atoms with Crippen LogP contribution in [0.5, 0.6) is 5.75 Å². The maximum absolute atomic E-state index is 12.7. The van der Waals surface area contributed by atoms with Gasteiger partial charge in [0.15, 0.2) is 5.65 Å². The molecule has 0 unspecified atom stereocenters. The summed E-state index contributed by atoms with van der Waals surface area (Å²) in [5.74, 6) is 0.0786. The zero-order chi connectivity index (χ0) is 19.7. The molecule has 0 fully saturated rings. The number of benzene rings is 2. The average molecular weight is 397 g/mol. The molecule has 0 saturated carbocycles. The number of carbonyl (C=O) groups is 1. The van der Waals surface area contributed by atoms with Crippen LogP contribution in [0.1, 0.15) is 22.5 Å². The van der Waals surface area contributed by atoms with E-state index in [4.69, 9.17) is 22.1 Å². The van der Waals surface area contributed by atoms with Gasteiger partial charge in [0, 0.05) is 10.7 Å². The molecule has 2 aromatic heterocycles. The van der Waals surface area contributed by atoms with Crippen LogP contribution in [0.4, 0.5) is 0 Å². The van der Waals surface area contributed by atoms with E-state index in [9.17, 15) is 9.59 Å². The topological polar surface area (TPSA) is 102 Å². The van der Waals surface area contributed by atoms with Crippen LogP contribution in [0.25, 0.3) is 16.6 Å². The average Bonchev–Trinajstić information content (AvgIpc) is 3.05. The second kappa shape index (κ2) is 7.36. The van der Waals surface area contributed by atoms with Gasteiger partial charge >= 0.3 is 0 Å². The minimum absolute atomic E-state index is 0.231. The number of H-pyrrole nitrogens is 1. The van der Waals surface area contributed by atoms with Crippen molar-refractivity contribution >= 4 is 34.1 Å². The number of para-hydroxylation sites is 1. The summed E-state index contributed by atoms with van der Waals surface area (Å²) in [6.45, 7) is 0.430. The molecule has 0 aliphatic rings. The van der Waals surface area contributed by atoms with Crippen molar-refractivity contribution in [3.05, 3.63) is 75.2 Å². The zero-order valence-corrected chi connectivity index (χ0v) is 15.6. The number of carbonyl (C=O) groups excluding carboxylic acids is 1. The van der Waals surface area contributed by atoms with E-state index >= 15 is 0 Å². The quantitative estimate of drug-likeness (QED) is 0.489. The Morgan fingerprint density at radius 3 is 2.68 bits per heavy atom. The Balaban J connectivity index is 1.61. The largest absolute Gasteiger partial charge is 0.494 e. The molecule has 0 aliphatic heterocycles. The van der Waals surface area contributed by atoms with Gasteiger partial charge < -0.3 is 10.5 Å². The van der Waals surface area contributed by atoms with Crippen molar-refractivity contribution in [1.82, 2.24) is 14.6 Å². The first-order chi connectivity index (χ1) is 13.5. The summed E-state index contributed by atoms with van der Waals surface area (Å²) in [4.78, 5) is 29.2. The van der Waals surface area contributed by atoms with Gasteiger partial charge in [0.2, 0.25) is 0 Å². The lowest BCUT2D eigenvalue weighted by atomic mass is 10.1. The molecular formula is C20H17ClN4O3. The van der Waals surface area contributed by atoms with Gasteiger partial charge in [-0.1, -0.05) is 23.7 Å². The Bertz CT molecular complexity index is 1230. The smallest absolute Gasteiger partial charge is 0.280 e. The maximum Gasteiger partial charge on any atom is 0.280 e. The van der Waals surface area contributed by atoms with Crippen molar-refractivity contribution < 1.29 is 9.53 Å². The highest BCUT2D eigenvalue weighted by atomic mass is 35.5. The lowest BCUT2D eigenvalue weighted by molar-refractivity contribution is 0.100. The number of rotatable bonds is 6. The normalized spacial score (nSPS) is 11.2. The van der Waals surface area contributed by atoms with E-state index in [0.717, 1.165) is 0 Å². The fourth-order valence-corrected chi connectivity index (χ4v) is 3.27. The number of aryl methyl sites for hydroxylation is 1. The molecule has 142 valence electrons. The molecule has 0 saturated heterocycles. The van der Waals surface area contributed by atoms with Crippen LogP contribution in [0.2, 0.25) is 5.02 Å². The first kappa shape index (κ1) is 18.1. The number of nitrogens with one attached hydrogen (secondary N) is 1. The highest BCUT2D eigenvalue weighted by molar-refractivity contribution is 6.30. The highest BCUT2D eigenvalue weighted by Gasteiger charge is 2.20. The number of fused-ring (bicyclic) bond motifs is 2. The van der Waals surface area contributed by atoms with Crippen LogP contribution in [-0.4, -0.2) is 27.1 Å². The number of aromatic amines is 1. The molecule has 2 aromatic carbocycles. The van der Waals surface area contributed by atoms with Gasteiger partial charge in [-0.2, -0.15) is 0 Å². The van der Waals surface area contributed by atoms with Crippen LogP contribution in [0, 0.1) is 0 Å². The molecule has 0 bridgehead atoms. The Kier molecular flexibility index (Phi) is 4.75. The third kappa shape index (κ3) is 3.32. The standard InChI is InChI=1S/C20H17ClN4O3/c21-12-7-9-13(10-8-12)28-11-3-6-16-17(18(22)26)19-23-15-5-2-1-4-14(15)20(27)25(19)24-16/h1-2,4-5,7-10,24H,3,6,11H2,(H2,22,26). The maximum atomic E-state index is 12.7. The summed E-state index contributed by atoms with van der Waals surface area (Å²) in [6.07, 6.45) is 1.09. The van der Waals surface area contributed by atoms with E-state index in [1.54, 1.807) is 48.5 Å². The number of primary amides is 1. The van der Waals surface area contributed by atoms with Gasteiger partial charge in [0.1, 0.15) is 11.3 Å². The number of aromatic nitrogens is 3. The van der Waals surface area contributed by atoms with E-state index in [-0.39, 0.29) is 16.8 Å². The summed E-state index contributed by atoms with van der Waals surface area (Å²) in [5.41, 5.74) is 6.85. The minimum atomic E-state index is -0.630. The van der Waals surface area contributed by atoms with Gasteiger partial charge in [-0.15, -0.1) is 0 Å². The molecule has 7 nitrogen and oxygen atoms in total. The summed E-state index contributed by atoms with van der Waals surface area (Å²) >= 11 is 5.85. The number of ether oxygens (including phenoxy) is 1. The first-order valence-corrected chi connectivity index (χ1v) is 9.13. The van der Waals surface area contributed by atoms with Crippen LogP contribution >= 0.6 is 11.6 Å². The van der Waals surface area contributed by atoms with Crippen molar-refractivity contribution in [3.8, 4) is 5.75 Å². The predicted molar refractivity (Wildman–Crippen MR) is 107 cm³/mol. The van der Waals surface area contributed by atoms with Gasteiger partial charge in [-0.3, -0.25) is 14.7 Å². The molecule has 28 heavy (non-hydrogen) atoms. The van der Waals surface area contributed by atoms with Crippen molar-refractivity contribution in [2.45, 2.75) is 12.8 Å². The van der Waals surface area contributed by atoms with Gasteiger partial charge in [-0.25, -0.2) is 9.50 Å². The first-order valence-electron chi connectivity index (χ1n) is 8.75. The Hall–Kier alpha value is -3.32. The molecule has 0 atom stereocenters. The molecule has 4 rings (SSSR count). The van der Waals surface area contributed by atoms with Crippen molar-refractivity contribution in [1.29, 1.82) is 0 Å². The van der Waals surface area contributed by atoms with Gasteiger partial charge in [0.25, 0.3) is 11.5 Å². The number of hydrogen-bond donors (Lipinski definition) is 2. The van der Waals surface area contributed by atoms with Crippen LogP contribution < -0.4 is 16.0 Å². The van der Waals surface area contributed by atoms with E-state index < -0.39 is 5.91 Å². The van der Waals surface area contributed by atoms with E-state index in [2.05, 4.69) is 10.1 Å². The molecule has 4 aromatic rings. The van der Waals surface area contributed by atoms with E-state index in [0.29, 0.717) is 46.8 Å². The van der Waals surface area contributed by atoms with Crippen molar-refractivity contribution in [3.63, 3.8) is 0 Å². The fraction of sp³-hybridized carbons (Fsp3) is 0.150. The fourth-order valence-electron chi connectivity index (χ4n) is 3.14. The Morgan fingerprint density at radius 2 is 1.93 bits per heavy atom. The third-order valence-corrected chi connectivity index (χ3v) is 4.70. The van der Waals surface area contributed by atoms with Crippen LogP contribution in [0.3, 0.4) is 0 Å². The summed E-state index contributed by atoms with van der Waals surface area (Å²) in [5, 5.41) is 4.09. The second-order valence-corrected chi connectivity index (χ2v) is 6.77. The number of halogens is 1. The van der Waals surface area contributed by atoms with Crippen LogP contribution in [0.15, 0.2) is 53.3 Å². The van der Waals surface area contributed by atoms with Gasteiger partial charge in [-0.05, 0) is 49.2 Å². The summed E-state index contributed by atoms with van der Waals surface area (Å²) in [7, 11) is 0. The van der Waals surface area contributed by atoms with Crippen molar-refractivity contribution in [2.24, 2.45) is 5.73 Å². The summed E-state index contributed by atoms with van der Waals surface area (Å²) in [6, 6.07) is 14.1. The molecule has 0 radical (unpaired) electrons. The third-order valence-electron chi connectivity index (χ3n) is 4.45. The molecule has 0 spiro atoms. The van der Waals surface area contributed by atoms with Crippen LogP contribution in [-0.2, 0) is 6.42 Å². The number of hydrogen-bond acceptors (Lipinski definition) is 4. The molecule has 1 amide bonds. The molecule has 2 heterocycles. The summed E-state index contributed by atoms with van der Waals surface area (Å²) < 4.78 is 6.95. The SMILES string of the molecule is NC(=O)c1c(CCCOc2ccc(Cl)cc2)[nH]n2c(=O)c3ccccc3nc12. The second-order valence-electron chi connectivity index (χ2n) is 6.33. The number of nitrogens with zero attached hydrogens (tertiary/aromatic N) is 2. The Labute approximate surface area is 164 Å². The minimum Gasteiger partial charge on any atom is -0.494 e. The lowest BCUT2D eigenvalue weighted by Crippen LogP contribution is -2.17. The molecule has 3 N–H and O–H groups in total. The lowest BCUT2D eigenvalue weighted by Gasteiger charge is -2.06. The van der Waals surface area contributed by atoms with Gasteiger partial charge in [0.05, 0.1) is 17.5 Å². The van der Waals surface area contributed by atoms with E-state index in [1.165, 1.54) is 4.52 Å². The highest BCUT2D eigenvalue weighted by Crippen LogP contribution is 2.18. The zero-order valence-electron chi connectivity index (χ0n) is 14.8. The molecule has 8 heteroatoms. The molecule has 0 aliphatic carbocycles. The van der Waals surface area contributed by atoms with E-state index in [1.807, 2.05) is 0 Å². The predicted octanol–water partition coefficient (Wildman–Crippen LogP) is 2.94. The number of amides is 1. The monoisotopic (exact) mass is 396 g/mol. The Morgan fingerprint density at radius 1 is 1.18 bits per heavy atom.